The topological polar surface area (TPSA) is 66.5 Å². The highest BCUT2D eigenvalue weighted by Gasteiger charge is 2.18. The van der Waals surface area contributed by atoms with E-state index in [1.807, 2.05) is 25.2 Å². The molecule has 2 aromatic rings. The van der Waals surface area contributed by atoms with Crippen LogP contribution < -0.4 is 5.32 Å². The summed E-state index contributed by atoms with van der Waals surface area (Å²) in [7, 11) is 0.0187. The number of amides is 1. The third-order valence-electron chi connectivity index (χ3n) is 3.68. The minimum absolute atomic E-state index is 0.0823. The number of rotatable bonds is 7. The van der Waals surface area contributed by atoms with E-state index >= 15 is 0 Å². The Morgan fingerprint density at radius 2 is 1.79 bits per heavy atom. The second-order valence-electron chi connectivity index (χ2n) is 5.60. The molecule has 0 fully saturated rings. The van der Waals surface area contributed by atoms with Crippen molar-refractivity contribution in [3.8, 4) is 0 Å². The maximum absolute atomic E-state index is 12.6. The Bertz CT molecular complexity index is 789. The van der Waals surface area contributed by atoms with Gasteiger partial charge in [0.1, 0.15) is 0 Å². The molecule has 5 nitrogen and oxygen atoms in total. The van der Waals surface area contributed by atoms with E-state index in [9.17, 15) is 13.2 Å². The molecule has 0 spiro atoms. The fourth-order valence-corrected chi connectivity index (χ4v) is 3.69. The molecule has 24 heavy (non-hydrogen) atoms. The molecule has 2 rings (SSSR count). The summed E-state index contributed by atoms with van der Waals surface area (Å²) in [5.41, 5.74) is 1.10. The quantitative estimate of drug-likeness (QED) is 0.832. The number of carbonyl (C=O) groups is 1. The van der Waals surface area contributed by atoms with E-state index in [0.717, 1.165) is 5.56 Å². The molecule has 1 N–H and O–H groups in total. The van der Waals surface area contributed by atoms with Crippen molar-refractivity contribution in [2.75, 3.05) is 27.2 Å². The molecule has 0 unspecified atom stereocenters. The first kappa shape index (κ1) is 18.2. The molecule has 0 saturated carbocycles. The van der Waals surface area contributed by atoms with Crippen LogP contribution in [0.25, 0.3) is 0 Å². The van der Waals surface area contributed by atoms with E-state index in [-0.39, 0.29) is 16.6 Å². The van der Waals surface area contributed by atoms with Gasteiger partial charge in [0.2, 0.25) is 0 Å². The number of nitrogens with zero attached hydrogens (tertiary/aromatic N) is 1. The van der Waals surface area contributed by atoms with Crippen molar-refractivity contribution in [1.82, 2.24) is 10.2 Å². The van der Waals surface area contributed by atoms with Crippen molar-refractivity contribution < 1.29 is 13.2 Å². The molecular weight excluding hydrogens is 324 g/mol. The van der Waals surface area contributed by atoms with Gasteiger partial charge in [-0.3, -0.25) is 4.79 Å². The summed E-state index contributed by atoms with van der Waals surface area (Å²) >= 11 is 0. The van der Waals surface area contributed by atoms with Crippen LogP contribution in [-0.4, -0.2) is 46.4 Å². The molecule has 0 aliphatic heterocycles. The van der Waals surface area contributed by atoms with Crippen LogP contribution in [0, 0.1) is 0 Å². The van der Waals surface area contributed by atoms with Crippen molar-refractivity contribution in [1.29, 1.82) is 0 Å². The average Bonchev–Trinajstić information content (AvgIpc) is 2.59. The first-order valence-electron chi connectivity index (χ1n) is 7.71. The number of benzene rings is 2. The minimum atomic E-state index is -3.50. The van der Waals surface area contributed by atoms with Crippen molar-refractivity contribution in [3.63, 3.8) is 0 Å². The van der Waals surface area contributed by atoms with Gasteiger partial charge < -0.3 is 10.2 Å². The molecule has 0 radical (unpaired) electrons. The molecule has 0 aliphatic carbocycles. The second kappa shape index (κ2) is 8.08. The molecule has 0 aromatic heterocycles. The monoisotopic (exact) mass is 346 g/mol. The summed E-state index contributed by atoms with van der Waals surface area (Å²) in [6.45, 7) is 1.23. The predicted octanol–water partition coefficient (Wildman–Crippen LogP) is 1.95. The summed E-state index contributed by atoms with van der Waals surface area (Å²) in [5.74, 6) is -0.275. The molecule has 2 aromatic carbocycles. The molecule has 0 atom stereocenters. The zero-order chi connectivity index (χ0) is 17.6. The number of sulfone groups is 1. The van der Waals surface area contributed by atoms with Crippen molar-refractivity contribution in [2.45, 2.75) is 10.6 Å². The molecule has 128 valence electrons. The van der Waals surface area contributed by atoms with Crippen LogP contribution in [0.1, 0.15) is 15.9 Å². The lowest BCUT2D eigenvalue weighted by Crippen LogP contribution is -2.32. The van der Waals surface area contributed by atoms with Crippen LogP contribution >= 0.6 is 0 Å². The van der Waals surface area contributed by atoms with Crippen LogP contribution in [0.3, 0.4) is 0 Å². The molecule has 0 aliphatic rings. The van der Waals surface area contributed by atoms with Gasteiger partial charge in [-0.05, 0) is 30.8 Å². The van der Waals surface area contributed by atoms with Crippen LogP contribution in [0.4, 0.5) is 0 Å². The highest BCUT2D eigenvalue weighted by Crippen LogP contribution is 2.18. The number of hydrogen-bond donors (Lipinski definition) is 1. The largest absolute Gasteiger partial charge is 0.340 e. The Balaban J connectivity index is 2.21. The third-order valence-corrected chi connectivity index (χ3v) is 5.37. The molecule has 0 heterocycles. The van der Waals surface area contributed by atoms with Gasteiger partial charge in [-0.15, -0.1) is 0 Å². The Kier molecular flexibility index (Phi) is 6.11. The lowest BCUT2D eigenvalue weighted by Gasteiger charge is -2.17. The highest BCUT2D eigenvalue weighted by atomic mass is 32.2. The van der Waals surface area contributed by atoms with Gasteiger partial charge in [0, 0.05) is 25.7 Å². The van der Waals surface area contributed by atoms with Crippen LogP contribution in [0.15, 0.2) is 59.5 Å². The lowest BCUT2D eigenvalue weighted by atomic mass is 10.2. The minimum Gasteiger partial charge on any atom is -0.340 e. The number of hydrogen-bond acceptors (Lipinski definition) is 4. The van der Waals surface area contributed by atoms with Gasteiger partial charge in [0.25, 0.3) is 5.91 Å². The summed E-state index contributed by atoms with van der Waals surface area (Å²) in [4.78, 5) is 14.1. The van der Waals surface area contributed by atoms with Crippen LogP contribution in [0.2, 0.25) is 0 Å². The number of carbonyl (C=O) groups excluding carboxylic acids is 1. The van der Waals surface area contributed by atoms with Crippen molar-refractivity contribution >= 4 is 15.7 Å². The van der Waals surface area contributed by atoms with Gasteiger partial charge in [0.15, 0.2) is 9.84 Å². The van der Waals surface area contributed by atoms with Crippen LogP contribution in [0.5, 0.6) is 0 Å². The first-order chi connectivity index (χ1) is 11.4. The van der Waals surface area contributed by atoms with Crippen molar-refractivity contribution in [3.05, 3.63) is 65.7 Å². The van der Waals surface area contributed by atoms with E-state index in [2.05, 4.69) is 5.32 Å². The zero-order valence-electron chi connectivity index (χ0n) is 13.9. The maximum atomic E-state index is 12.6. The van der Waals surface area contributed by atoms with E-state index < -0.39 is 9.84 Å². The number of likely N-dealkylation sites (N-methyl/N-ethyl adjacent to an activating group) is 2. The third kappa shape index (κ3) is 4.66. The molecule has 6 heteroatoms. The zero-order valence-corrected chi connectivity index (χ0v) is 14.7. The fourth-order valence-electron chi connectivity index (χ4n) is 2.30. The standard InChI is InChI=1S/C18H22N2O3S/c1-19-11-12-20(2)18(21)16-9-6-10-17(13-16)24(22,23)14-15-7-4-3-5-8-15/h3-10,13,19H,11-12,14H2,1-2H3. The van der Waals surface area contributed by atoms with E-state index in [1.165, 1.54) is 12.1 Å². The summed E-state index contributed by atoms with van der Waals surface area (Å²) in [6.07, 6.45) is 0. The SMILES string of the molecule is CNCCN(C)C(=O)c1cccc(S(=O)(=O)Cc2ccccc2)c1. The normalized spacial score (nSPS) is 11.2. The lowest BCUT2D eigenvalue weighted by molar-refractivity contribution is 0.0796. The summed E-state index contributed by atoms with van der Waals surface area (Å²) < 4.78 is 25.2. The van der Waals surface area contributed by atoms with Crippen molar-refractivity contribution in [2.24, 2.45) is 0 Å². The van der Waals surface area contributed by atoms with E-state index in [4.69, 9.17) is 0 Å². The van der Waals surface area contributed by atoms with Gasteiger partial charge in [-0.2, -0.15) is 0 Å². The van der Waals surface area contributed by atoms with Gasteiger partial charge in [-0.1, -0.05) is 36.4 Å². The molecule has 0 saturated heterocycles. The van der Waals surface area contributed by atoms with Gasteiger partial charge >= 0.3 is 0 Å². The molecule has 1 amide bonds. The average molecular weight is 346 g/mol. The Hall–Kier alpha value is -2.18. The molecular formula is C18H22N2O3S. The van der Waals surface area contributed by atoms with E-state index in [0.29, 0.717) is 18.7 Å². The second-order valence-corrected chi connectivity index (χ2v) is 7.59. The number of nitrogens with one attached hydrogen (secondary N) is 1. The molecule has 0 bridgehead atoms. The summed E-state index contributed by atoms with van der Waals surface area (Å²) in [5, 5.41) is 2.98. The smallest absolute Gasteiger partial charge is 0.253 e. The maximum Gasteiger partial charge on any atom is 0.253 e. The fraction of sp³-hybridized carbons (Fsp3) is 0.278. The Labute approximate surface area is 143 Å². The highest BCUT2D eigenvalue weighted by molar-refractivity contribution is 7.90. The van der Waals surface area contributed by atoms with E-state index in [1.54, 1.807) is 36.2 Å². The van der Waals surface area contributed by atoms with Gasteiger partial charge in [-0.25, -0.2) is 8.42 Å². The Morgan fingerprint density at radius 1 is 1.08 bits per heavy atom. The Morgan fingerprint density at radius 3 is 2.46 bits per heavy atom. The predicted molar refractivity (Wildman–Crippen MR) is 94.7 cm³/mol. The van der Waals surface area contributed by atoms with Crippen LogP contribution in [-0.2, 0) is 15.6 Å². The summed E-state index contributed by atoms with van der Waals surface area (Å²) in [6, 6.07) is 15.2. The first-order valence-corrected chi connectivity index (χ1v) is 9.36. The van der Waals surface area contributed by atoms with Gasteiger partial charge in [0.05, 0.1) is 10.6 Å².